The average molecular weight is 342 g/mol. The van der Waals surface area contributed by atoms with Gasteiger partial charge in [0.25, 0.3) is 0 Å². The number of hydrogen-bond acceptors (Lipinski definition) is 4. The Morgan fingerprint density at radius 1 is 1.17 bits per heavy atom. The lowest BCUT2D eigenvalue weighted by Crippen LogP contribution is -2.35. The van der Waals surface area contributed by atoms with Crippen molar-refractivity contribution in [2.45, 2.75) is 17.7 Å². The molecule has 0 aliphatic carbocycles. The van der Waals surface area contributed by atoms with Crippen LogP contribution in [0.4, 0.5) is 5.69 Å². The summed E-state index contributed by atoms with van der Waals surface area (Å²) in [5.41, 5.74) is 3.30. The Morgan fingerprint density at radius 2 is 1.96 bits per heavy atom. The lowest BCUT2D eigenvalue weighted by molar-refractivity contribution is -0.117. The predicted molar refractivity (Wildman–Crippen MR) is 98.8 cm³/mol. The first-order chi connectivity index (χ1) is 11.6. The van der Waals surface area contributed by atoms with E-state index in [1.165, 1.54) is 11.1 Å². The number of thioether (sulfide) groups is 1. The maximum absolute atomic E-state index is 12.3. The minimum atomic E-state index is 0.0158. The molecule has 1 aliphatic rings. The molecule has 0 bridgehead atoms. The van der Waals surface area contributed by atoms with Gasteiger partial charge in [-0.05, 0) is 60.6 Å². The van der Waals surface area contributed by atoms with E-state index in [0.29, 0.717) is 12.3 Å². The van der Waals surface area contributed by atoms with Crippen molar-refractivity contribution >= 4 is 23.4 Å². The molecule has 24 heavy (non-hydrogen) atoms. The molecule has 0 saturated carbocycles. The number of hydrogen-bond donors (Lipinski definition) is 2. The summed E-state index contributed by atoms with van der Waals surface area (Å²) in [5.74, 6) is 0.329. The van der Waals surface area contributed by atoms with E-state index in [9.17, 15) is 9.90 Å². The zero-order valence-electron chi connectivity index (χ0n) is 13.8. The summed E-state index contributed by atoms with van der Waals surface area (Å²) >= 11 is 1.66. The molecule has 126 valence electrons. The number of phenolic OH excluding ortho intramolecular Hbond substituents is 1. The molecule has 5 heteroatoms. The molecule has 0 aromatic heterocycles. The summed E-state index contributed by atoms with van der Waals surface area (Å²) in [6.45, 7) is 2.08. The largest absolute Gasteiger partial charge is 0.508 e. The standard InChI is InChI=1S/C19H22N2O2S/c1-24-18-4-2-3-16(12-18)20-19(23)13-21-9-7-14-5-6-17(22)11-15(14)8-10-21/h2-6,11-12,22H,7-10,13H2,1H3,(H,20,23). The van der Waals surface area contributed by atoms with Crippen LogP contribution in [0.3, 0.4) is 0 Å². The van der Waals surface area contributed by atoms with Gasteiger partial charge >= 0.3 is 0 Å². The zero-order valence-corrected chi connectivity index (χ0v) is 14.6. The Hall–Kier alpha value is -1.98. The Balaban J connectivity index is 1.57. The van der Waals surface area contributed by atoms with Gasteiger partial charge in [-0.2, -0.15) is 0 Å². The van der Waals surface area contributed by atoms with Crippen LogP contribution < -0.4 is 5.32 Å². The van der Waals surface area contributed by atoms with Crippen LogP contribution in [0.25, 0.3) is 0 Å². The van der Waals surface area contributed by atoms with E-state index in [1.807, 2.05) is 42.7 Å². The highest BCUT2D eigenvalue weighted by molar-refractivity contribution is 7.98. The first-order valence-electron chi connectivity index (χ1n) is 8.11. The topological polar surface area (TPSA) is 52.6 Å². The van der Waals surface area contributed by atoms with Crippen LogP contribution in [0.15, 0.2) is 47.4 Å². The Labute approximate surface area is 146 Å². The van der Waals surface area contributed by atoms with Gasteiger partial charge < -0.3 is 10.4 Å². The van der Waals surface area contributed by atoms with E-state index in [2.05, 4.69) is 10.2 Å². The smallest absolute Gasteiger partial charge is 0.238 e. The van der Waals surface area contributed by atoms with Gasteiger partial charge in [-0.3, -0.25) is 9.69 Å². The van der Waals surface area contributed by atoms with Crippen LogP contribution in [0.5, 0.6) is 5.75 Å². The highest BCUT2D eigenvalue weighted by Gasteiger charge is 2.16. The fourth-order valence-corrected chi connectivity index (χ4v) is 3.48. The fraction of sp³-hybridized carbons (Fsp3) is 0.316. The van der Waals surface area contributed by atoms with Crippen LogP contribution in [0.1, 0.15) is 11.1 Å². The number of carbonyl (C=O) groups excluding carboxylic acids is 1. The van der Waals surface area contributed by atoms with Crippen LogP contribution >= 0.6 is 11.8 Å². The van der Waals surface area contributed by atoms with Gasteiger partial charge in [0, 0.05) is 23.7 Å². The first-order valence-corrected chi connectivity index (χ1v) is 9.33. The van der Waals surface area contributed by atoms with Crippen molar-refractivity contribution in [1.82, 2.24) is 4.90 Å². The SMILES string of the molecule is CSc1cccc(NC(=O)CN2CCc3ccc(O)cc3CC2)c1. The van der Waals surface area contributed by atoms with E-state index in [0.717, 1.165) is 36.5 Å². The average Bonchev–Trinajstić information content (AvgIpc) is 2.77. The lowest BCUT2D eigenvalue weighted by atomic mass is 10.0. The monoisotopic (exact) mass is 342 g/mol. The van der Waals surface area contributed by atoms with Crippen LogP contribution in [-0.2, 0) is 17.6 Å². The van der Waals surface area contributed by atoms with Crippen molar-refractivity contribution in [2.75, 3.05) is 31.2 Å². The molecule has 1 heterocycles. The third-order valence-electron chi connectivity index (χ3n) is 4.31. The first kappa shape index (κ1) is 16.9. The van der Waals surface area contributed by atoms with Gasteiger partial charge in [0.2, 0.25) is 5.91 Å². The van der Waals surface area contributed by atoms with Gasteiger partial charge in [-0.25, -0.2) is 0 Å². The number of aromatic hydroxyl groups is 1. The highest BCUT2D eigenvalue weighted by Crippen LogP contribution is 2.21. The van der Waals surface area contributed by atoms with Crippen LogP contribution in [-0.4, -0.2) is 41.8 Å². The minimum Gasteiger partial charge on any atom is -0.508 e. The Kier molecular flexibility index (Phi) is 5.43. The van der Waals surface area contributed by atoms with Gasteiger partial charge in [0.1, 0.15) is 5.75 Å². The number of rotatable bonds is 4. The van der Waals surface area contributed by atoms with Gasteiger partial charge in [-0.1, -0.05) is 12.1 Å². The van der Waals surface area contributed by atoms with Crippen molar-refractivity contribution in [2.24, 2.45) is 0 Å². The van der Waals surface area contributed by atoms with E-state index >= 15 is 0 Å². The molecular weight excluding hydrogens is 320 g/mol. The number of benzene rings is 2. The number of carbonyl (C=O) groups is 1. The molecule has 0 spiro atoms. The zero-order chi connectivity index (χ0) is 16.9. The second-order valence-corrected chi connectivity index (χ2v) is 6.89. The number of amides is 1. The molecule has 2 aromatic rings. The molecular formula is C19H22N2O2S. The van der Waals surface area contributed by atoms with E-state index in [4.69, 9.17) is 0 Å². The quantitative estimate of drug-likeness (QED) is 0.838. The number of nitrogens with one attached hydrogen (secondary N) is 1. The van der Waals surface area contributed by atoms with Crippen LogP contribution in [0, 0.1) is 0 Å². The Morgan fingerprint density at radius 3 is 2.75 bits per heavy atom. The lowest BCUT2D eigenvalue weighted by Gasteiger charge is -2.19. The molecule has 4 nitrogen and oxygen atoms in total. The van der Waals surface area contributed by atoms with E-state index in [-0.39, 0.29) is 5.91 Å². The van der Waals surface area contributed by atoms with Crippen molar-refractivity contribution in [3.8, 4) is 5.75 Å². The molecule has 0 atom stereocenters. The molecule has 3 rings (SSSR count). The van der Waals surface area contributed by atoms with Crippen molar-refractivity contribution in [3.63, 3.8) is 0 Å². The molecule has 1 amide bonds. The van der Waals surface area contributed by atoms with Crippen LogP contribution in [0.2, 0.25) is 0 Å². The van der Waals surface area contributed by atoms with Gasteiger partial charge in [0.05, 0.1) is 6.54 Å². The van der Waals surface area contributed by atoms with Crippen molar-refractivity contribution in [3.05, 3.63) is 53.6 Å². The highest BCUT2D eigenvalue weighted by atomic mass is 32.2. The van der Waals surface area contributed by atoms with Gasteiger partial charge in [-0.15, -0.1) is 11.8 Å². The molecule has 0 saturated heterocycles. The normalized spacial score (nSPS) is 14.7. The van der Waals surface area contributed by atoms with Crippen molar-refractivity contribution < 1.29 is 9.90 Å². The predicted octanol–water partition coefficient (Wildman–Crippen LogP) is 3.15. The molecule has 2 N–H and O–H groups in total. The number of phenols is 1. The molecule has 0 radical (unpaired) electrons. The summed E-state index contributed by atoms with van der Waals surface area (Å²) < 4.78 is 0. The van der Waals surface area contributed by atoms with E-state index < -0.39 is 0 Å². The maximum Gasteiger partial charge on any atom is 0.238 e. The third kappa shape index (κ3) is 4.30. The number of nitrogens with zero attached hydrogens (tertiary/aromatic N) is 1. The second kappa shape index (κ2) is 7.73. The maximum atomic E-state index is 12.3. The summed E-state index contributed by atoms with van der Waals surface area (Å²) in [5, 5.41) is 12.6. The van der Waals surface area contributed by atoms with E-state index in [1.54, 1.807) is 17.8 Å². The molecule has 1 aliphatic heterocycles. The summed E-state index contributed by atoms with van der Waals surface area (Å²) in [4.78, 5) is 15.6. The molecule has 2 aromatic carbocycles. The Bertz CT molecular complexity index is 733. The summed E-state index contributed by atoms with van der Waals surface area (Å²) in [7, 11) is 0. The second-order valence-electron chi connectivity index (χ2n) is 6.01. The molecule has 0 unspecified atom stereocenters. The minimum absolute atomic E-state index is 0.0158. The van der Waals surface area contributed by atoms with Gasteiger partial charge in [0.15, 0.2) is 0 Å². The molecule has 0 fully saturated rings. The van der Waals surface area contributed by atoms with Crippen molar-refractivity contribution in [1.29, 1.82) is 0 Å². The number of fused-ring (bicyclic) bond motifs is 1. The number of anilines is 1. The summed E-state index contributed by atoms with van der Waals surface area (Å²) in [6, 6.07) is 13.5. The summed E-state index contributed by atoms with van der Waals surface area (Å²) in [6.07, 6.45) is 3.79. The third-order valence-corrected chi connectivity index (χ3v) is 5.03. The fourth-order valence-electron chi connectivity index (χ4n) is 3.02.